The van der Waals surface area contributed by atoms with Gasteiger partial charge in [-0.25, -0.2) is 8.42 Å². The van der Waals surface area contributed by atoms with Crippen LogP contribution in [-0.2, 0) is 14.6 Å². The Morgan fingerprint density at radius 2 is 2.21 bits per heavy atom. The summed E-state index contributed by atoms with van der Waals surface area (Å²) in [6.07, 6.45) is 3.21. The highest BCUT2D eigenvalue weighted by Gasteiger charge is 2.27. The third-order valence-corrected chi connectivity index (χ3v) is 5.75. The maximum Gasteiger partial charge on any atom is 0.151 e. The number of sulfone groups is 1. The van der Waals surface area contributed by atoms with Gasteiger partial charge in [0.1, 0.15) is 0 Å². The van der Waals surface area contributed by atoms with Gasteiger partial charge in [0.05, 0.1) is 18.1 Å². The monoisotopic (exact) mass is 290 g/mol. The minimum Gasteiger partial charge on any atom is -0.381 e. The summed E-state index contributed by atoms with van der Waals surface area (Å²) in [4.78, 5) is 2.32. The summed E-state index contributed by atoms with van der Waals surface area (Å²) in [5.74, 6) is 1.32. The van der Waals surface area contributed by atoms with Crippen LogP contribution in [0.3, 0.4) is 0 Å². The molecule has 0 aromatic carbocycles. The zero-order valence-corrected chi connectivity index (χ0v) is 12.6. The van der Waals surface area contributed by atoms with Crippen molar-refractivity contribution in [2.75, 3.05) is 51.4 Å². The molecule has 2 aliphatic rings. The minimum atomic E-state index is -2.76. The van der Waals surface area contributed by atoms with Gasteiger partial charge < -0.3 is 15.0 Å². The highest BCUT2D eigenvalue weighted by atomic mass is 32.2. The van der Waals surface area contributed by atoms with Gasteiger partial charge in [0.15, 0.2) is 9.84 Å². The number of hydrogen-bond donors (Lipinski definition) is 1. The molecule has 0 radical (unpaired) electrons. The molecule has 2 unspecified atom stereocenters. The molecule has 0 aromatic rings. The fourth-order valence-electron chi connectivity index (χ4n) is 2.90. The van der Waals surface area contributed by atoms with Crippen molar-refractivity contribution in [3.05, 3.63) is 0 Å². The molecule has 0 saturated carbocycles. The minimum absolute atomic E-state index is 0.163. The van der Waals surface area contributed by atoms with E-state index in [-0.39, 0.29) is 6.04 Å². The largest absolute Gasteiger partial charge is 0.381 e. The van der Waals surface area contributed by atoms with E-state index in [0.29, 0.717) is 17.4 Å². The number of hydrogen-bond acceptors (Lipinski definition) is 5. The molecule has 0 bridgehead atoms. The maximum atomic E-state index is 11.3. The van der Waals surface area contributed by atoms with Crippen LogP contribution in [0, 0.1) is 5.92 Å². The van der Waals surface area contributed by atoms with E-state index in [2.05, 4.69) is 17.3 Å². The van der Waals surface area contributed by atoms with Crippen LogP contribution in [0.1, 0.15) is 19.3 Å². The predicted molar refractivity (Wildman–Crippen MR) is 76.1 cm³/mol. The maximum absolute atomic E-state index is 11.3. The van der Waals surface area contributed by atoms with Crippen LogP contribution in [-0.4, -0.2) is 70.8 Å². The quantitative estimate of drug-likeness (QED) is 0.753. The highest BCUT2D eigenvalue weighted by molar-refractivity contribution is 7.91. The third kappa shape index (κ3) is 5.38. The van der Waals surface area contributed by atoms with Crippen LogP contribution in [0.2, 0.25) is 0 Å². The Morgan fingerprint density at radius 1 is 1.37 bits per heavy atom. The summed E-state index contributed by atoms with van der Waals surface area (Å²) in [7, 11) is -0.635. The standard InChI is InChI=1S/C13H26N2O3S/c1-15(9-12-3-2-7-18-10-12)6-5-14-13-4-8-19(16,17)11-13/h12-14H,2-11H2,1H3. The lowest BCUT2D eigenvalue weighted by Crippen LogP contribution is -2.39. The molecular formula is C13H26N2O3S. The molecule has 2 fully saturated rings. The molecular weight excluding hydrogens is 264 g/mol. The number of nitrogens with zero attached hydrogens (tertiary/aromatic N) is 1. The summed E-state index contributed by atoms with van der Waals surface area (Å²) in [6, 6.07) is 0.163. The van der Waals surface area contributed by atoms with E-state index in [1.165, 1.54) is 12.8 Å². The van der Waals surface area contributed by atoms with E-state index in [4.69, 9.17) is 4.74 Å². The molecule has 1 N–H and O–H groups in total. The Bertz CT molecular complexity index is 366. The van der Waals surface area contributed by atoms with Gasteiger partial charge in [-0.05, 0) is 32.2 Å². The number of rotatable bonds is 6. The van der Waals surface area contributed by atoms with Gasteiger partial charge in [-0.15, -0.1) is 0 Å². The van der Waals surface area contributed by atoms with Crippen LogP contribution in [0.15, 0.2) is 0 Å². The van der Waals surface area contributed by atoms with Crippen molar-refractivity contribution < 1.29 is 13.2 Å². The topological polar surface area (TPSA) is 58.6 Å². The lowest BCUT2D eigenvalue weighted by Gasteiger charge is -2.27. The first-order valence-corrected chi connectivity index (χ1v) is 9.07. The van der Waals surface area contributed by atoms with Crippen molar-refractivity contribution in [1.82, 2.24) is 10.2 Å². The Balaban J connectivity index is 1.57. The number of ether oxygens (including phenoxy) is 1. The molecule has 0 aliphatic carbocycles. The van der Waals surface area contributed by atoms with Crippen LogP contribution in [0.25, 0.3) is 0 Å². The molecule has 2 heterocycles. The van der Waals surface area contributed by atoms with E-state index in [9.17, 15) is 8.42 Å². The molecule has 2 aliphatic heterocycles. The van der Waals surface area contributed by atoms with Crippen LogP contribution in [0.4, 0.5) is 0 Å². The van der Waals surface area contributed by atoms with Crippen LogP contribution in [0.5, 0.6) is 0 Å². The second kappa shape index (κ2) is 7.02. The van der Waals surface area contributed by atoms with Gasteiger partial charge in [0, 0.05) is 32.3 Å². The molecule has 0 aromatic heterocycles. The van der Waals surface area contributed by atoms with Gasteiger partial charge in [-0.1, -0.05) is 0 Å². The van der Waals surface area contributed by atoms with Crippen molar-refractivity contribution in [2.45, 2.75) is 25.3 Å². The Labute approximate surface area is 116 Å². The van der Waals surface area contributed by atoms with Gasteiger partial charge in [0.25, 0.3) is 0 Å². The lowest BCUT2D eigenvalue weighted by atomic mass is 10.0. The Morgan fingerprint density at radius 3 is 2.84 bits per heavy atom. The van der Waals surface area contributed by atoms with E-state index in [0.717, 1.165) is 39.3 Å². The molecule has 2 atom stereocenters. The molecule has 5 nitrogen and oxygen atoms in total. The fraction of sp³-hybridized carbons (Fsp3) is 1.00. The van der Waals surface area contributed by atoms with Gasteiger partial charge in [-0.3, -0.25) is 0 Å². The Hall–Kier alpha value is -0.170. The van der Waals surface area contributed by atoms with E-state index in [1.807, 2.05) is 0 Å². The van der Waals surface area contributed by atoms with E-state index >= 15 is 0 Å². The zero-order chi connectivity index (χ0) is 13.7. The van der Waals surface area contributed by atoms with Gasteiger partial charge in [-0.2, -0.15) is 0 Å². The summed E-state index contributed by atoms with van der Waals surface area (Å²) < 4.78 is 28.2. The fourth-order valence-corrected chi connectivity index (χ4v) is 4.61. The van der Waals surface area contributed by atoms with E-state index in [1.54, 1.807) is 0 Å². The van der Waals surface area contributed by atoms with Gasteiger partial charge >= 0.3 is 0 Å². The van der Waals surface area contributed by atoms with Crippen molar-refractivity contribution in [3.63, 3.8) is 0 Å². The SMILES string of the molecule is CN(CCNC1CCS(=O)(=O)C1)CC1CCCOC1. The molecule has 112 valence electrons. The molecule has 2 saturated heterocycles. The summed E-state index contributed by atoms with van der Waals surface area (Å²) in [5.41, 5.74) is 0. The predicted octanol–water partition coefficient (Wildman–Crippen LogP) is 0.122. The Kier molecular flexibility index (Phi) is 5.62. The second-order valence-electron chi connectivity index (χ2n) is 5.90. The summed E-state index contributed by atoms with van der Waals surface area (Å²) >= 11 is 0. The van der Waals surface area contributed by atoms with E-state index < -0.39 is 9.84 Å². The molecule has 19 heavy (non-hydrogen) atoms. The summed E-state index contributed by atoms with van der Waals surface area (Å²) in [6.45, 7) is 4.71. The summed E-state index contributed by atoms with van der Waals surface area (Å²) in [5, 5.41) is 3.35. The first kappa shape index (κ1) is 15.2. The normalized spacial score (nSPS) is 30.8. The van der Waals surface area contributed by atoms with Crippen molar-refractivity contribution >= 4 is 9.84 Å². The number of nitrogens with one attached hydrogen (secondary N) is 1. The number of likely N-dealkylation sites (N-methyl/N-ethyl adjacent to an activating group) is 1. The van der Waals surface area contributed by atoms with Gasteiger partial charge in [0.2, 0.25) is 0 Å². The zero-order valence-electron chi connectivity index (χ0n) is 11.8. The second-order valence-corrected chi connectivity index (χ2v) is 8.13. The average molecular weight is 290 g/mol. The average Bonchev–Trinajstić information content (AvgIpc) is 2.70. The van der Waals surface area contributed by atoms with Crippen LogP contribution < -0.4 is 5.32 Å². The first-order valence-electron chi connectivity index (χ1n) is 7.25. The van der Waals surface area contributed by atoms with Crippen molar-refractivity contribution in [3.8, 4) is 0 Å². The first-order chi connectivity index (χ1) is 9.05. The lowest BCUT2D eigenvalue weighted by molar-refractivity contribution is 0.0421. The van der Waals surface area contributed by atoms with Crippen LogP contribution >= 0.6 is 0 Å². The third-order valence-electron chi connectivity index (χ3n) is 3.98. The molecule has 6 heteroatoms. The highest BCUT2D eigenvalue weighted by Crippen LogP contribution is 2.14. The molecule has 0 amide bonds. The van der Waals surface area contributed by atoms with Crippen molar-refractivity contribution in [1.29, 1.82) is 0 Å². The molecule has 2 rings (SSSR count). The smallest absolute Gasteiger partial charge is 0.151 e. The molecule has 0 spiro atoms. The van der Waals surface area contributed by atoms with Crippen molar-refractivity contribution in [2.24, 2.45) is 5.92 Å².